The average molecular weight is 471 g/mol. The molecule has 0 unspecified atom stereocenters. The van der Waals surface area contributed by atoms with Crippen LogP contribution in [0.15, 0.2) is 85.5 Å². The van der Waals surface area contributed by atoms with Gasteiger partial charge in [0.15, 0.2) is 0 Å². The maximum Gasteiger partial charge on any atom is 0.138 e. The molecule has 35 heavy (non-hydrogen) atoms. The second-order valence-electron chi connectivity index (χ2n) is 8.97. The maximum atomic E-state index is 15.4. The molecule has 0 aliphatic carbocycles. The smallest absolute Gasteiger partial charge is 0.138 e. The number of aryl methyl sites for hydroxylation is 1. The van der Waals surface area contributed by atoms with Crippen LogP contribution in [-0.4, -0.2) is 6.61 Å². The zero-order chi connectivity index (χ0) is 24.6. The third-order valence-electron chi connectivity index (χ3n) is 6.40. The molecule has 4 rings (SSSR count). The van der Waals surface area contributed by atoms with Gasteiger partial charge in [0.25, 0.3) is 0 Å². The summed E-state index contributed by atoms with van der Waals surface area (Å²) in [6.07, 6.45) is 8.86. The molecule has 3 heteroatoms. The summed E-state index contributed by atoms with van der Waals surface area (Å²) in [6, 6.07) is 21.8. The van der Waals surface area contributed by atoms with Crippen LogP contribution in [0.2, 0.25) is 0 Å². The van der Waals surface area contributed by atoms with Crippen molar-refractivity contribution >= 4 is 10.8 Å². The van der Waals surface area contributed by atoms with Crippen LogP contribution in [-0.2, 0) is 6.42 Å². The van der Waals surface area contributed by atoms with Gasteiger partial charge < -0.3 is 4.74 Å². The van der Waals surface area contributed by atoms with Gasteiger partial charge in [0, 0.05) is 16.5 Å². The van der Waals surface area contributed by atoms with Crippen LogP contribution in [0.4, 0.5) is 8.78 Å². The van der Waals surface area contributed by atoms with Crippen LogP contribution in [0, 0.1) is 11.6 Å². The van der Waals surface area contributed by atoms with Gasteiger partial charge in [0.05, 0.1) is 0 Å². The van der Waals surface area contributed by atoms with Crippen LogP contribution in [0.25, 0.3) is 33.0 Å². The van der Waals surface area contributed by atoms with Crippen molar-refractivity contribution in [3.63, 3.8) is 0 Å². The van der Waals surface area contributed by atoms with Crippen LogP contribution in [0.3, 0.4) is 0 Å². The standard InChI is InChI=1S/C32H32F2O/c1-3-5-6-7-8-9-23-10-17-29-25(21-23)14-19-30(32(29)34)26-13-18-28(31(33)22-26)24-11-15-27(16-12-24)35-20-4-2/h4,10-19,21-22H,2-3,5-9,20H2,1H3. The van der Waals surface area contributed by atoms with Gasteiger partial charge >= 0.3 is 0 Å². The van der Waals surface area contributed by atoms with Gasteiger partial charge in [-0.05, 0) is 53.1 Å². The lowest BCUT2D eigenvalue weighted by molar-refractivity contribution is 0.363. The van der Waals surface area contributed by atoms with E-state index >= 15 is 8.78 Å². The van der Waals surface area contributed by atoms with Crippen molar-refractivity contribution < 1.29 is 13.5 Å². The Bertz CT molecular complexity index is 1290. The molecule has 0 heterocycles. The molecule has 0 aromatic heterocycles. The topological polar surface area (TPSA) is 9.23 Å². The highest BCUT2D eigenvalue weighted by atomic mass is 19.1. The summed E-state index contributed by atoms with van der Waals surface area (Å²) in [5.41, 5.74) is 3.37. The van der Waals surface area contributed by atoms with E-state index in [1.165, 1.54) is 37.3 Å². The van der Waals surface area contributed by atoms with E-state index in [-0.39, 0.29) is 11.6 Å². The number of unbranched alkanes of at least 4 members (excludes halogenated alkanes) is 4. The first-order chi connectivity index (χ1) is 17.1. The van der Waals surface area contributed by atoms with Crippen molar-refractivity contribution in [2.24, 2.45) is 0 Å². The second-order valence-corrected chi connectivity index (χ2v) is 8.97. The normalized spacial score (nSPS) is 11.1. The van der Waals surface area contributed by atoms with Crippen molar-refractivity contribution in [3.05, 3.63) is 103 Å². The minimum Gasteiger partial charge on any atom is -0.490 e. The van der Waals surface area contributed by atoms with Crippen LogP contribution >= 0.6 is 0 Å². The number of rotatable bonds is 11. The number of halogens is 2. The highest BCUT2D eigenvalue weighted by Crippen LogP contribution is 2.33. The fourth-order valence-electron chi connectivity index (χ4n) is 4.46. The van der Waals surface area contributed by atoms with Crippen LogP contribution < -0.4 is 4.74 Å². The molecule has 4 aromatic carbocycles. The van der Waals surface area contributed by atoms with Crippen molar-refractivity contribution in [2.75, 3.05) is 6.61 Å². The van der Waals surface area contributed by atoms with Gasteiger partial charge in [-0.3, -0.25) is 0 Å². The zero-order valence-corrected chi connectivity index (χ0v) is 20.3. The molecule has 4 aromatic rings. The Kier molecular flexibility index (Phi) is 8.31. The molecule has 1 nitrogen and oxygen atoms in total. The third-order valence-corrected chi connectivity index (χ3v) is 6.40. The predicted molar refractivity (Wildman–Crippen MR) is 143 cm³/mol. The Morgan fingerprint density at radius 3 is 2.26 bits per heavy atom. The molecule has 0 atom stereocenters. The lowest BCUT2D eigenvalue weighted by atomic mass is 9.96. The Morgan fingerprint density at radius 2 is 1.51 bits per heavy atom. The predicted octanol–water partition coefficient (Wildman–Crippen LogP) is 9.53. The molecule has 0 saturated heterocycles. The molecular formula is C32H32F2O. The van der Waals surface area contributed by atoms with Gasteiger partial charge in [-0.15, -0.1) is 0 Å². The van der Waals surface area contributed by atoms with Crippen LogP contribution in [0.1, 0.15) is 44.6 Å². The Morgan fingerprint density at radius 1 is 0.771 bits per heavy atom. The second kappa shape index (κ2) is 11.8. The summed E-state index contributed by atoms with van der Waals surface area (Å²) in [5, 5.41) is 1.45. The molecule has 0 aliphatic heterocycles. The quantitative estimate of drug-likeness (QED) is 0.157. The van der Waals surface area contributed by atoms with Crippen molar-refractivity contribution in [3.8, 4) is 28.0 Å². The van der Waals surface area contributed by atoms with Crippen LogP contribution in [0.5, 0.6) is 5.75 Å². The van der Waals surface area contributed by atoms with Crippen molar-refractivity contribution in [2.45, 2.75) is 45.4 Å². The molecule has 0 radical (unpaired) electrons. The van der Waals surface area contributed by atoms with Gasteiger partial charge in [-0.25, -0.2) is 8.78 Å². The summed E-state index contributed by atoms with van der Waals surface area (Å²) in [7, 11) is 0. The summed E-state index contributed by atoms with van der Waals surface area (Å²) in [4.78, 5) is 0. The fourth-order valence-corrected chi connectivity index (χ4v) is 4.46. The Hall–Kier alpha value is -3.46. The lowest BCUT2D eigenvalue weighted by Crippen LogP contribution is -1.93. The first-order valence-corrected chi connectivity index (χ1v) is 12.5. The number of hydrogen-bond acceptors (Lipinski definition) is 1. The molecule has 180 valence electrons. The third kappa shape index (κ3) is 5.97. The number of ether oxygens (including phenoxy) is 1. The van der Waals surface area contributed by atoms with E-state index in [2.05, 4.69) is 19.6 Å². The molecule has 0 fully saturated rings. The van der Waals surface area contributed by atoms with Gasteiger partial charge in [0.1, 0.15) is 24.0 Å². The average Bonchev–Trinajstić information content (AvgIpc) is 2.88. The first kappa shape index (κ1) is 24.7. The highest BCUT2D eigenvalue weighted by molar-refractivity contribution is 5.89. The molecule has 0 aliphatic rings. The van der Waals surface area contributed by atoms with Gasteiger partial charge in [-0.2, -0.15) is 0 Å². The van der Waals surface area contributed by atoms with Gasteiger partial charge in [0.2, 0.25) is 0 Å². The molecule has 0 amide bonds. The summed E-state index contributed by atoms with van der Waals surface area (Å²) >= 11 is 0. The molecule has 0 spiro atoms. The van der Waals surface area contributed by atoms with Crippen molar-refractivity contribution in [1.29, 1.82) is 0 Å². The van der Waals surface area contributed by atoms with Gasteiger partial charge in [-0.1, -0.05) is 99.9 Å². The molecule has 0 bridgehead atoms. The van der Waals surface area contributed by atoms with E-state index in [0.717, 1.165) is 23.8 Å². The minimum absolute atomic E-state index is 0.312. The van der Waals surface area contributed by atoms with E-state index in [1.807, 2.05) is 30.3 Å². The summed E-state index contributed by atoms with van der Waals surface area (Å²) in [5.74, 6) is -0.00314. The number of benzene rings is 4. The maximum absolute atomic E-state index is 15.4. The van der Waals surface area contributed by atoms with E-state index < -0.39 is 0 Å². The number of fused-ring (bicyclic) bond motifs is 1. The first-order valence-electron chi connectivity index (χ1n) is 12.5. The Balaban J connectivity index is 1.53. The SMILES string of the molecule is C=CCOc1ccc(-c2ccc(-c3ccc4cc(CCCCCCC)ccc4c3F)cc2F)cc1. The van der Waals surface area contributed by atoms with E-state index in [4.69, 9.17) is 4.74 Å². The highest BCUT2D eigenvalue weighted by Gasteiger charge is 2.13. The monoisotopic (exact) mass is 470 g/mol. The molecular weight excluding hydrogens is 438 g/mol. The minimum atomic E-state index is -0.389. The lowest BCUT2D eigenvalue weighted by Gasteiger charge is -2.11. The van der Waals surface area contributed by atoms with E-state index in [1.54, 1.807) is 36.4 Å². The zero-order valence-electron chi connectivity index (χ0n) is 20.3. The molecule has 0 saturated carbocycles. The van der Waals surface area contributed by atoms with Crippen molar-refractivity contribution in [1.82, 2.24) is 0 Å². The summed E-state index contributed by atoms with van der Waals surface area (Å²) < 4.78 is 36.0. The number of hydrogen-bond donors (Lipinski definition) is 0. The fraction of sp³-hybridized carbons (Fsp3) is 0.250. The molecule has 0 N–H and O–H groups in total. The van der Waals surface area contributed by atoms with E-state index in [0.29, 0.717) is 34.4 Å². The largest absolute Gasteiger partial charge is 0.490 e. The summed E-state index contributed by atoms with van der Waals surface area (Å²) in [6.45, 7) is 6.26. The Labute approximate surface area is 207 Å². The van der Waals surface area contributed by atoms with E-state index in [9.17, 15) is 0 Å².